The molecule has 2 amide bonds. The van der Waals surface area contributed by atoms with Crippen LogP contribution in [0.3, 0.4) is 0 Å². The van der Waals surface area contributed by atoms with Crippen LogP contribution in [0, 0.1) is 17.8 Å². The lowest BCUT2D eigenvalue weighted by Crippen LogP contribution is -2.59. The van der Waals surface area contributed by atoms with Gasteiger partial charge in [0.1, 0.15) is 11.6 Å². The van der Waals surface area contributed by atoms with Gasteiger partial charge in [-0.3, -0.25) is 14.4 Å². The zero-order valence-electron chi connectivity index (χ0n) is 18.7. The van der Waals surface area contributed by atoms with Crippen LogP contribution in [0.1, 0.15) is 60.3 Å². The molecule has 30 heavy (non-hydrogen) atoms. The van der Waals surface area contributed by atoms with Gasteiger partial charge in [-0.15, -0.1) is 0 Å². The van der Waals surface area contributed by atoms with Gasteiger partial charge in [0.2, 0.25) is 11.8 Å². The summed E-state index contributed by atoms with van der Waals surface area (Å²) in [4.78, 5) is 41.4. The minimum atomic E-state index is -1.04. The molecule has 0 aromatic carbocycles. The summed E-state index contributed by atoms with van der Waals surface area (Å²) in [5, 5.41) is 13.1. The predicted octanol–water partition coefficient (Wildman–Crippen LogP) is 1.25. The number of hydrogen-bond donors (Lipinski definition) is 2. The van der Waals surface area contributed by atoms with E-state index >= 15 is 0 Å². The standard InChI is InChI=1S/C22H36N2O6/c1-6-8-13(5)23-19(26)18-22-10-9-15(30-22)16(21(28)29-7-2)17(22)20(27)24(18)14(11-25)12(3)4/h12-18,25H,6-11H2,1-5H3,(H,23,26)/t13?,14-,15+,16-,17-,18+,22-/m0/s1. The Morgan fingerprint density at radius 3 is 2.60 bits per heavy atom. The van der Waals surface area contributed by atoms with Crippen LogP contribution >= 0.6 is 0 Å². The van der Waals surface area contributed by atoms with E-state index in [2.05, 4.69) is 12.2 Å². The fourth-order valence-corrected chi connectivity index (χ4v) is 5.70. The van der Waals surface area contributed by atoms with Gasteiger partial charge in [0.15, 0.2) is 0 Å². The highest BCUT2D eigenvalue weighted by Gasteiger charge is 2.75. The lowest BCUT2D eigenvalue weighted by atomic mass is 9.70. The number of esters is 1. The normalized spacial score (nSPS) is 34.2. The lowest BCUT2D eigenvalue weighted by molar-refractivity contribution is -0.155. The Hall–Kier alpha value is -1.67. The number of fused-ring (bicyclic) bond motifs is 1. The maximum atomic E-state index is 13.7. The molecule has 0 saturated carbocycles. The number of carbonyl (C=O) groups excluding carboxylic acids is 3. The van der Waals surface area contributed by atoms with Gasteiger partial charge >= 0.3 is 5.97 Å². The molecule has 170 valence electrons. The molecule has 3 heterocycles. The lowest BCUT2D eigenvalue weighted by Gasteiger charge is -2.38. The number of nitrogens with zero attached hydrogens (tertiary/aromatic N) is 1. The SMILES string of the molecule is CCCC(C)NC(=O)[C@H]1N([C@@H](CO)C(C)C)C(=O)[C@@H]2[C@@H](C(=O)OCC)[C@H]3CC[C@]21O3. The Bertz CT molecular complexity index is 683. The second kappa shape index (κ2) is 8.83. The van der Waals surface area contributed by atoms with Gasteiger partial charge in [0.05, 0.1) is 37.2 Å². The number of rotatable bonds is 9. The summed E-state index contributed by atoms with van der Waals surface area (Å²) in [7, 11) is 0. The number of ether oxygens (including phenoxy) is 2. The fraction of sp³-hybridized carbons (Fsp3) is 0.864. The van der Waals surface area contributed by atoms with Crippen LogP contribution in [0.4, 0.5) is 0 Å². The third-order valence-electron chi connectivity index (χ3n) is 6.97. The minimum Gasteiger partial charge on any atom is -0.466 e. The average Bonchev–Trinajstić information content (AvgIpc) is 3.30. The van der Waals surface area contributed by atoms with Crippen molar-refractivity contribution in [3.8, 4) is 0 Å². The monoisotopic (exact) mass is 424 g/mol. The molecule has 7 atom stereocenters. The van der Waals surface area contributed by atoms with E-state index in [1.54, 1.807) is 6.92 Å². The van der Waals surface area contributed by atoms with E-state index in [0.29, 0.717) is 12.8 Å². The highest BCUT2D eigenvalue weighted by Crippen LogP contribution is 2.59. The van der Waals surface area contributed by atoms with Crippen LogP contribution in [-0.2, 0) is 23.9 Å². The number of carbonyl (C=O) groups is 3. The second-order valence-electron chi connectivity index (χ2n) is 9.25. The van der Waals surface area contributed by atoms with Crippen molar-refractivity contribution >= 4 is 17.8 Å². The number of hydrogen-bond acceptors (Lipinski definition) is 6. The molecule has 2 bridgehead atoms. The molecule has 8 nitrogen and oxygen atoms in total. The topological polar surface area (TPSA) is 105 Å². The van der Waals surface area contributed by atoms with Gasteiger partial charge in [-0.1, -0.05) is 27.2 Å². The van der Waals surface area contributed by atoms with E-state index in [9.17, 15) is 19.5 Å². The fourth-order valence-electron chi connectivity index (χ4n) is 5.70. The van der Waals surface area contributed by atoms with E-state index in [-0.39, 0.29) is 37.0 Å². The maximum absolute atomic E-state index is 13.7. The van der Waals surface area contributed by atoms with Crippen LogP contribution < -0.4 is 5.32 Å². The van der Waals surface area contributed by atoms with Crippen molar-refractivity contribution < 1.29 is 29.0 Å². The summed E-state index contributed by atoms with van der Waals surface area (Å²) in [6.45, 7) is 9.52. The van der Waals surface area contributed by atoms with Gasteiger partial charge in [0.25, 0.3) is 0 Å². The van der Waals surface area contributed by atoms with E-state index in [4.69, 9.17) is 9.47 Å². The minimum absolute atomic E-state index is 0.0408. The number of amides is 2. The number of likely N-dealkylation sites (tertiary alicyclic amines) is 1. The molecule has 1 spiro atoms. The molecule has 3 fully saturated rings. The highest BCUT2D eigenvalue weighted by atomic mass is 16.6. The van der Waals surface area contributed by atoms with Crippen LogP contribution in [0.15, 0.2) is 0 Å². The maximum Gasteiger partial charge on any atom is 0.312 e. The van der Waals surface area contributed by atoms with E-state index in [1.165, 1.54) is 4.90 Å². The van der Waals surface area contributed by atoms with E-state index < -0.39 is 41.6 Å². The molecule has 3 aliphatic heterocycles. The zero-order valence-corrected chi connectivity index (χ0v) is 18.7. The molecule has 0 radical (unpaired) electrons. The van der Waals surface area contributed by atoms with Crippen molar-refractivity contribution in [2.24, 2.45) is 17.8 Å². The summed E-state index contributed by atoms with van der Waals surface area (Å²) in [5.41, 5.74) is -1.04. The first kappa shape index (κ1) is 23.0. The Labute approximate surface area is 178 Å². The molecule has 3 aliphatic rings. The van der Waals surface area contributed by atoms with E-state index in [0.717, 1.165) is 12.8 Å². The van der Waals surface area contributed by atoms with Crippen LogP contribution in [0.2, 0.25) is 0 Å². The zero-order chi connectivity index (χ0) is 22.2. The van der Waals surface area contributed by atoms with Gasteiger partial charge in [-0.2, -0.15) is 0 Å². The molecular formula is C22H36N2O6. The largest absolute Gasteiger partial charge is 0.466 e. The summed E-state index contributed by atoms with van der Waals surface area (Å²) in [5.74, 6) is -2.50. The summed E-state index contributed by atoms with van der Waals surface area (Å²) < 4.78 is 11.6. The highest BCUT2D eigenvalue weighted by molar-refractivity contribution is 5.98. The van der Waals surface area contributed by atoms with Gasteiger partial charge < -0.3 is 24.8 Å². The number of aliphatic hydroxyl groups excluding tert-OH is 1. The predicted molar refractivity (Wildman–Crippen MR) is 109 cm³/mol. The molecule has 0 aliphatic carbocycles. The van der Waals surface area contributed by atoms with Crippen LogP contribution in [0.25, 0.3) is 0 Å². The quantitative estimate of drug-likeness (QED) is 0.540. The molecule has 2 N–H and O–H groups in total. The van der Waals surface area contributed by atoms with Crippen molar-refractivity contribution in [2.75, 3.05) is 13.2 Å². The third kappa shape index (κ3) is 3.51. The molecule has 1 unspecified atom stereocenters. The summed E-state index contributed by atoms with van der Waals surface area (Å²) in [6.07, 6.45) is 2.50. The smallest absolute Gasteiger partial charge is 0.312 e. The first-order valence-electron chi connectivity index (χ1n) is 11.3. The van der Waals surface area contributed by atoms with Gasteiger partial charge in [0, 0.05) is 6.04 Å². The molecule has 0 aromatic heterocycles. The van der Waals surface area contributed by atoms with Crippen LogP contribution in [-0.4, -0.2) is 70.8 Å². The van der Waals surface area contributed by atoms with Crippen molar-refractivity contribution in [3.63, 3.8) is 0 Å². The summed E-state index contributed by atoms with van der Waals surface area (Å²) >= 11 is 0. The third-order valence-corrected chi connectivity index (χ3v) is 6.97. The van der Waals surface area contributed by atoms with Gasteiger partial charge in [-0.05, 0) is 39.0 Å². The molecule has 3 saturated heterocycles. The Morgan fingerprint density at radius 1 is 1.33 bits per heavy atom. The van der Waals surface area contributed by atoms with E-state index in [1.807, 2.05) is 20.8 Å². The number of nitrogens with one attached hydrogen (secondary N) is 1. The first-order valence-corrected chi connectivity index (χ1v) is 11.3. The van der Waals surface area contributed by atoms with Crippen molar-refractivity contribution in [1.29, 1.82) is 0 Å². The first-order chi connectivity index (χ1) is 14.2. The second-order valence-corrected chi connectivity index (χ2v) is 9.25. The van der Waals surface area contributed by atoms with Gasteiger partial charge in [-0.25, -0.2) is 0 Å². The van der Waals surface area contributed by atoms with Crippen LogP contribution in [0.5, 0.6) is 0 Å². The Morgan fingerprint density at radius 2 is 2.03 bits per heavy atom. The van der Waals surface area contributed by atoms with Crippen molar-refractivity contribution in [3.05, 3.63) is 0 Å². The Kier molecular flexibility index (Phi) is 6.77. The molecule has 8 heteroatoms. The molecule has 0 aromatic rings. The van der Waals surface area contributed by atoms with Crippen molar-refractivity contribution in [2.45, 2.75) is 90.1 Å². The molecule has 3 rings (SSSR count). The molecular weight excluding hydrogens is 388 g/mol. The van der Waals surface area contributed by atoms with Crippen molar-refractivity contribution in [1.82, 2.24) is 10.2 Å². The average molecular weight is 425 g/mol. The number of aliphatic hydroxyl groups is 1. The summed E-state index contributed by atoms with van der Waals surface area (Å²) in [6, 6.07) is -1.43. The Balaban J connectivity index is 2.02.